The number of rotatable bonds is 5. The summed E-state index contributed by atoms with van der Waals surface area (Å²) in [6.45, 7) is 5.11. The lowest BCUT2D eigenvalue weighted by Crippen LogP contribution is -2.33. The molecule has 2 atom stereocenters. The second-order valence-electron chi connectivity index (χ2n) is 5.73. The topological polar surface area (TPSA) is 40.5 Å². The first-order valence-electron chi connectivity index (χ1n) is 7.45. The van der Waals surface area contributed by atoms with Crippen molar-refractivity contribution in [2.45, 2.75) is 51.7 Å². The second kappa shape index (κ2) is 6.85. The lowest BCUT2D eigenvalue weighted by atomic mass is 10.1. The molecule has 1 aliphatic heterocycles. The van der Waals surface area contributed by atoms with Gasteiger partial charge in [0.15, 0.2) is 0 Å². The maximum atomic E-state index is 13.7. The number of carboxylic acids is 1. The van der Waals surface area contributed by atoms with Crippen LogP contribution in [0.15, 0.2) is 24.3 Å². The minimum Gasteiger partial charge on any atom is -0.478 e. The predicted octanol–water partition coefficient (Wildman–Crippen LogP) is 3.69. The minimum absolute atomic E-state index is 0.322. The van der Waals surface area contributed by atoms with Gasteiger partial charge in [0, 0.05) is 24.7 Å². The standard InChI is InChI=1S/C17H22FNO2/c1-3-16-6-4-12(2)19(16)11-14-8-13(5-7-17(20)21)9-15(18)10-14/h5,7-10,12,16H,3-4,6,11H2,1-2H3,(H,20,21)/b7-5+. The maximum absolute atomic E-state index is 13.7. The lowest BCUT2D eigenvalue weighted by molar-refractivity contribution is -0.131. The van der Waals surface area contributed by atoms with Crippen LogP contribution < -0.4 is 0 Å². The molecule has 0 amide bonds. The molecule has 2 unspecified atom stereocenters. The van der Waals surface area contributed by atoms with Gasteiger partial charge in [0.1, 0.15) is 5.82 Å². The Morgan fingerprint density at radius 1 is 1.43 bits per heavy atom. The molecular formula is C17H22FNO2. The largest absolute Gasteiger partial charge is 0.478 e. The van der Waals surface area contributed by atoms with E-state index in [-0.39, 0.29) is 5.82 Å². The molecule has 2 rings (SSSR count). The fraction of sp³-hybridized carbons (Fsp3) is 0.471. The highest BCUT2D eigenvalue weighted by atomic mass is 19.1. The van der Waals surface area contributed by atoms with Gasteiger partial charge in [0.25, 0.3) is 0 Å². The van der Waals surface area contributed by atoms with E-state index in [4.69, 9.17) is 5.11 Å². The maximum Gasteiger partial charge on any atom is 0.328 e. The Balaban J connectivity index is 2.18. The Labute approximate surface area is 125 Å². The van der Waals surface area contributed by atoms with E-state index in [1.807, 2.05) is 6.07 Å². The number of hydrogen-bond donors (Lipinski definition) is 1. The molecule has 1 N–H and O–H groups in total. The Hall–Kier alpha value is -1.68. The number of carbonyl (C=O) groups is 1. The Bertz CT molecular complexity index is 542. The van der Waals surface area contributed by atoms with E-state index in [0.717, 1.165) is 18.1 Å². The van der Waals surface area contributed by atoms with Crippen molar-refractivity contribution < 1.29 is 14.3 Å². The van der Waals surface area contributed by atoms with Crippen molar-refractivity contribution >= 4 is 12.0 Å². The van der Waals surface area contributed by atoms with E-state index >= 15 is 0 Å². The van der Waals surface area contributed by atoms with Crippen LogP contribution >= 0.6 is 0 Å². The van der Waals surface area contributed by atoms with E-state index in [9.17, 15) is 9.18 Å². The molecule has 1 saturated heterocycles. The molecule has 21 heavy (non-hydrogen) atoms. The molecule has 0 spiro atoms. The molecular weight excluding hydrogens is 269 g/mol. The molecule has 0 radical (unpaired) electrons. The van der Waals surface area contributed by atoms with Gasteiger partial charge < -0.3 is 5.11 Å². The number of nitrogens with zero attached hydrogens (tertiary/aromatic N) is 1. The summed E-state index contributed by atoms with van der Waals surface area (Å²) in [5.74, 6) is -1.35. The number of benzene rings is 1. The quantitative estimate of drug-likeness (QED) is 0.841. The van der Waals surface area contributed by atoms with Crippen molar-refractivity contribution in [3.8, 4) is 0 Å². The molecule has 1 aromatic carbocycles. The van der Waals surface area contributed by atoms with Gasteiger partial charge in [-0.05, 0) is 55.5 Å². The average Bonchev–Trinajstić information content (AvgIpc) is 2.77. The summed E-state index contributed by atoms with van der Waals surface area (Å²) in [6.07, 6.45) is 5.94. The summed E-state index contributed by atoms with van der Waals surface area (Å²) in [5, 5.41) is 8.66. The molecule has 3 nitrogen and oxygen atoms in total. The zero-order chi connectivity index (χ0) is 15.4. The number of hydrogen-bond acceptors (Lipinski definition) is 2. The fourth-order valence-electron chi connectivity index (χ4n) is 3.09. The zero-order valence-corrected chi connectivity index (χ0v) is 12.6. The summed E-state index contributed by atoms with van der Waals surface area (Å²) in [4.78, 5) is 13.0. The van der Waals surface area contributed by atoms with Gasteiger partial charge in [-0.1, -0.05) is 13.0 Å². The molecule has 1 heterocycles. The Morgan fingerprint density at radius 2 is 2.19 bits per heavy atom. The monoisotopic (exact) mass is 291 g/mol. The highest BCUT2D eigenvalue weighted by Crippen LogP contribution is 2.28. The number of carboxylic acid groups (broad SMARTS) is 1. The van der Waals surface area contributed by atoms with Crippen LogP contribution in [-0.2, 0) is 11.3 Å². The van der Waals surface area contributed by atoms with Crippen LogP contribution in [0.25, 0.3) is 6.08 Å². The second-order valence-corrected chi connectivity index (χ2v) is 5.73. The van der Waals surface area contributed by atoms with Crippen LogP contribution in [0.3, 0.4) is 0 Å². The molecule has 0 aliphatic carbocycles. The highest BCUT2D eigenvalue weighted by Gasteiger charge is 2.29. The van der Waals surface area contributed by atoms with Gasteiger partial charge in [-0.2, -0.15) is 0 Å². The molecule has 1 fully saturated rings. The van der Waals surface area contributed by atoms with Gasteiger partial charge >= 0.3 is 5.97 Å². The lowest BCUT2D eigenvalue weighted by Gasteiger charge is -2.27. The van der Waals surface area contributed by atoms with Gasteiger partial charge in [-0.3, -0.25) is 4.90 Å². The Kier molecular flexibility index (Phi) is 5.12. The first kappa shape index (κ1) is 15.7. The van der Waals surface area contributed by atoms with E-state index < -0.39 is 5.97 Å². The van der Waals surface area contributed by atoms with Gasteiger partial charge in [-0.15, -0.1) is 0 Å². The summed E-state index contributed by atoms with van der Waals surface area (Å²) < 4.78 is 13.7. The highest BCUT2D eigenvalue weighted by molar-refractivity contribution is 5.85. The van der Waals surface area contributed by atoms with E-state index in [1.165, 1.54) is 31.1 Å². The average molecular weight is 291 g/mol. The van der Waals surface area contributed by atoms with E-state index in [2.05, 4.69) is 18.7 Å². The predicted molar refractivity (Wildman–Crippen MR) is 81.4 cm³/mol. The summed E-state index contributed by atoms with van der Waals surface area (Å²) in [5.41, 5.74) is 1.49. The molecule has 1 aliphatic rings. The first-order valence-corrected chi connectivity index (χ1v) is 7.45. The third-order valence-corrected chi connectivity index (χ3v) is 4.19. The Morgan fingerprint density at radius 3 is 2.86 bits per heavy atom. The van der Waals surface area contributed by atoms with E-state index in [1.54, 1.807) is 0 Å². The van der Waals surface area contributed by atoms with Crippen molar-refractivity contribution in [1.29, 1.82) is 0 Å². The van der Waals surface area contributed by atoms with Crippen LogP contribution in [0.5, 0.6) is 0 Å². The summed E-state index contributed by atoms with van der Waals surface area (Å²) in [7, 11) is 0. The molecule has 1 aromatic rings. The van der Waals surface area contributed by atoms with Crippen molar-refractivity contribution in [1.82, 2.24) is 4.90 Å². The van der Waals surface area contributed by atoms with Gasteiger partial charge in [0.05, 0.1) is 0 Å². The molecule has 0 aromatic heterocycles. The van der Waals surface area contributed by atoms with E-state index in [0.29, 0.717) is 24.2 Å². The molecule has 0 bridgehead atoms. The number of aliphatic carboxylic acids is 1. The molecule has 0 saturated carbocycles. The van der Waals surface area contributed by atoms with Crippen LogP contribution in [0, 0.1) is 5.82 Å². The van der Waals surface area contributed by atoms with Crippen molar-refractivity contribution in [2.24, 2.45) is 0 Å². The van der Waals surface area contributed by atoms with Crippen molar-refractivity contribution in [3.05, 3.63) is 41.2 Å². The molecule has 4 heteroatoms. The van der Waals surface area contributed by atoms with Gasteiger partial charge in [-0.25, -0.2) is 9.18 Å². The van der Waals surface area contributed by atoms with Crippen molar-refractivity contribution in [3.63, 3.8) is 0 Å². The fourth-order valence-corrected chi connectivity index (χ4v) is 3.09. The SMILES string of the molecule is CCC1CCC(C)N1Cc1cc(F)cc(/C=C/C(=O)O)c1. The smallest absolute Gasteiger partial charge is 0.328 e. The van der Waals surface area contributed by atoms with Crippen LogP contribution in [-0.4, -0.2) is 28.1 Å². The van der Waals surface area contributed by atoms with Gasteiger partial charge in [0.2, 0.25) is 0 Å². The normalized spacial score (nSPS) is 23.0. The third-order valence-electron chi connectivity index (χ3n) is 4.19. The first-order chi connectivity index (χ1) is 9.99. The van der Waals surface area contributed by atoms with Crippen LogP contribution in [0.1, 0.15) is 44.2 Å². The number of halogens is 1. The zero-order valence-electron chi connectivity index (χ0n) is 12.6. The summed E-state index contributed by atoms with van der Waals surface area (Å²) >= 11 is 0. The van der Waals surface area contributed by atoms with Crippen LogP contribution in [0.2, 0.25) is 0 Å². The van der Waals surface area contributed by atoms with Crippen molar-refractivity contribution in [2.75, 3.05) is 0 Å². The number of likely N-dealkylation sites (tertiary alicyclic amines) is 1. The minimum atomic E-state index is -1.03. The van der Waals surface area contributed by atoms with Crippen LogP contribution in [0.4, 0.5) is 4.39 Å². The molecule has 114 valence electrons. The summed E-state index contributed by atoms with van der Waals surface area (Å²) in [6, 6.07) is 5.82. The third kappa shape index (κ3) is 4.14.